The lowest BCUT2D eigenvalue weighted by Crippen LogP contribution is -2.25. The van der Waals surface area contributed by atoms with Crippen LogP contribution in [0.25, 0.3) is 5.65 Å². The number of halogens is 2. The number of hydrogen-bond donors (Lipinski definition) is 3. The Morgan fingerprint density at radius 3 is 2.85 bits per heavy atom. The van der Waals surface area contributed by atoms with Crippen LogP contribution in [0.5, 0.6) is 0 Å². The van der Waals surface area contributed by atoms with Crippen molar-refractivity contribution in [1.29, 1.82) is 0 Å². The Hall–Kier alpha value is -1.58. The number of aliphatic hydroxyl groups is 2. The molecule has 3 aromatic rings. The first-order valence-corrected chi connectivity index (χ1v) is 9.70. The third kappa shape index (κ3) is 3.35. The van der Waals surface area contributed by atoms with Crippen LogP contribution < -0.4 is 5.32 Å². The minimum absolute atomic E-state index is 0.269. The second kappa shape index (κ2) is 7.21. The lowest BCUT2D eigenvalue weighted by Gasteiger charge is -2.14. The molecule has 26 heavy (non-hydrogen) atoms. The molecule has 0 saturated carbocycles. The van der Waals surface area contributed by atoms with Gasteiger partial charge in [0.2, 0.25) is 5.65 Å². The normalized spacial score (nSPS) is 22.8. The molecule has 1 aromatic carbocycles. The molecular formula is C16H15Cl2N5O2S. The summed E-state index contributed by atoms with van der Waals surface area (Å²) in [6.07, 6.45) is -0.0771. The Balaban J connectivity index is 1.66. The van der Waals surface area contributed by atoms with Gasteiger partial charge in [-0.15, -0.1) is 22.0 Å². The van der Waals surface area contributed by atoms with Crippen molar-refractivity contribution in [3.8, 4) is 0 Å². The average molecular weight is 412 g/mol. The van der Waals surface area contributed by atoms with Gasteiger partial charge >= 0.3 is 0 Å². The Kier molecular flexibility index (Phi) is 4.94. The first-order valence-electron chi connectivity index (χ1n) is 7.90. The molecule has 1 fully saturated rings. The van der Waals surface area contributed by atoms with Crippen molar-refractivity contribution in [3.05, 3.63) is 52.0 Å². The van der Waals surface area contributed by atoms with Crippen LogP contribution in [-0.4, -0.2) is 47.8 Å². The van der Waals surface area contributed by atoms with Crippen LogP contribution in [-0.2, 0) is 6.54 Å². The number of benzene rings is 1. The average Bonchev–Trinajstić information content (AvgIpc) is 3.17. The minimum Gasteiger partial charge on any atom is -0.390 e. The molecule has 10 heteroatoms. The highest BCUT2D eigenvalue weighted by atomic mass is 35.5. The maximum Gasteiger partial charge on any atom is 0.203 e. The fraction of sp³-hybridized carbons (Fsp3) is 0.312. The van der Waals surface area contributed by atoms with Crippen LogP contribution in [0.2, 0.25) is 10.2 Å². The summed E-state index contributed by atoms with van der Waals surface area (Å²) in [6, 6.07) is 7.49. The molecule has 4 rings (SSSR count). The standard InChI is InChI=1S/C16H15Cl2N5O2S/c17-9-3-1-2-8(4-9)5-19-14-16-22-21-15(23(16)6-11(18)20-14)13-12(25)10(24)7-26-13/h1-4,6,10,12-13,24-25H,5,7H2,(H,19,20)/t10-,12-,13-/m1/s1. The number of aliphatic hydroxyl groups excluding tert-OH is 2. The fourth-order valence-electron chi connectivity index (χ4n) is 2.86. The second-order valence-corrected chi connectivity index (χ2v) is 7.96. The van der Waals surface area contributed by atoms with Gasteiger partial charge in [0.05, 0.1) is 17.5 Å². The maximum atomic E-state index is 10.2. The molecule has 7 nitrogen and oxygen atoms in total. The van der Waals surface area contributed by atoms with Gasteiger partial charge in [-0.05, 0) is 17.7 Å². The van der Waals surface area contributed by atoms with Crippen LogP contribution in [0.4, 0.5) is 5.82 Å². The molecule has 1 aliphatic rings. The van der Waals surface area contributed by atoms with Crippen LogP contribution >= 0.6 is 35.0 Å². The number of nitrogens with zero attached hydrogens (tertiary/aromatic N) is 4. The summed E-state index contributed by atoms with van der Waals surface area (Å²) in [5, 5.41) is 32.1. The van der Waals surface area contributed by atoms with E-state index in [-0.39, 0.29) is 10.4 Å². The molecule has 0 unspecified atom stereocenters. The zero-order chi connectivity index (χ0) is 18.3. The quantitative estimate of drug-likeness (QED) is 0.606. The van der Waals surface area contributed by atoms with Crippen molar-refractivity contribution >= 4 is 46.4 Å². The summed E-state index contributed by atoms with van der Waals surface area (Å²) in [7, 11) is 0. The number of aromatic nitrogens is 4. The summed E-state index contributed by atoms with van der Waals surface area (Å²) >= 11 is 13.6. The number of rotatable bonds is 4. The SMILES string of the molecule is O[C@@H]1[C@H](O)CS[C@H]1c1nnc2c(NCc3cccc(Cl)c3)nc(Cl)cn12. The molecule has 1 saturated heterocycles. The summed E-state index contributed by atoms with van der Waals surface area (Å²) < 4.78 is 1.70. The smallest absolute Gasteiger partial charge is 0.203 e. The van der Waals surface area contributed by atoms with Gasteiger partial charge in [-0.2, -0.15) is 0 Å². The predicted molar refractivity (Wildman–Crippen MR) is 102 cm³/mol. The van der Waals surface area contributed by atoms with E-state index in [0.29, 0.717) is 34.6 Å². The molecule has 3 heterocycles. The van der Waals surface area contributed by atoms with E-state index in [2.05, 4.69) is 20.5 Å². The highest BCUT2D eigenvalue weighted by Gasteiger charge is 2.38. The monoisotopic (exact) mass is 411 g/mol. The van der Waals surface area contributed by atoms with Gasteiger partial charge in [0, 0.05) is 23.5 Å². The molecule has 0 amide bonds. The van der Waals surface area contributed by atoms with Crippen LogP contribution in [0.3, 0.4) is 0 Å². The first kappa shape index (κ1) is 17.8. The molecule has 1 aliphatic heterocycles. The third-order valence-corrected chi connectivity index (χ3v) is 5.94. The Bertz CT molecular complexity index is 954. The molecule has 0 radical (unpaired) electrons. The van der Waals surface area contributed by atoms with Crippen LogP contribution in [0.15, 0.2) is 30.5 Å². The van der Waals surface area contributed by atoms with Gasteiger partial charge in [0.15, 0.2) is 11.6 Å². The number of anilines is 1. The van der Waals surface area contributed by atoms with Crippen LogP contribution in [0.1, 0.15) is 16.6 Å². The predicted octanol–water partition coefficient (Wildman–Crippen LogP) is 2.55. The molecule has 0 bridgehead atoms. The van der Waals surface area contributed by atoms with Gasteiger partial charge < -0.3 is 15.5 Å². The highest BCUT2D eigenvalue weighted by Crippen LogP contribution is 2.40. The molecule has 2 aromatic heterocycles. The van der Waals surface area contributed by atoms with Crippen molar-refractivity contribution in [2.24, 2.45) is 0 Å². The van der Waals surface area contributed by atoms with Crippen molar-refractivity contribution in [2.45, 2.75) is 24.0 Å². The van der Waals surface area contributed by atoms with E-state index in [9.17, 15) is 10.2 Å². The Labute approximate surface area is 163 Å². The van der Waals surface area contributed by atoms with E-state index in [1.54, 1.807) is 10.6 Å². The van der Waals surface area contributed by atoms with E-state index in [0.717, 1.165) is 5.56 Å². The Morgan fingerprint density at radius 2 is 2.12 bits per heavy atom. The number of nitrogens with one attached hydrogen (secondary N) is 1. The van der Waals surface area contributed by atoms with E-state index >= 15 is 0 Å². The molecule has 3 N–H and O–H groups in total. The van der Waals surface area contributed by atoms with Crippen molar-refractivity contribution < 1.29 is 10.2 Å². The summed E-state index contributed by atoms with van der Waals surface area (Å²) in [5.74, 6) is 1.46. The van der Waals surface area contributed by atoms with E-state index < -0.39 is 12.2 Å². The zero-order valence-corrected chi connectivity index (χ0v) is 15.7. The third-order valence-electron chi connectivity index (χ3n) is 4.14. The van der Waals surface area contributed by atoms with Gasteiger partial charge in [-0.3, -0.25) is 4.40 Å². The molecule has 3 atom stereocenters. The molecular weight excluding hydrogens is 397 g/mol. The lowest BCUT2D eigenvalue weighted by atomic mass is 10.1. The lowest BCUT2D eigenvalue weighted by molar-refractivity contribution is 0.0404. The summed E-state index contributed by atoms with van der Waals surface area (Å²) in [6.45, 7) is 0.491. The summed E-state index contributed by atoms with van der Waals surface area (Å²) in [5.41, 5.74) is 1.49. The molecule has 136 valence electrons. The topological polar surface area (TPSA) is 95.6 Å². The largest absolute Gasteiger partial charge is 0.390 e. The van der Waals surface area contributed by atoms with Gasteiger partial charge in [-0.1, -0.05) is 35.3 Å². The Morgan fingerprint density at radius 1 is 1.27 bits per heavy atom. The van der Waals surface area contributed by atoms with E-state index in [1.165, 1.54) is 11.8 Å². The molecule has 0 aliphatic carbocycles. The fourth-order valence-corrected chi connectivity index (χ4v) is 4.54. The van der Waals surface area contributed by atoms with E-state index in [1.807, 2.05) is 24.3 Å². The number of thioether (sulfide) groups is 1. The second-order valence-electron chi connectivity index (χ2n) is 5.96. The van der Waals surface area contributed by atoms with Crippen molar-refractivity contribution in [2.75, 3.05) is 11.1 Å². The number of hydrogen-bond acceptors (Lipinski definition) is 7. The van der Waals surface area contributed by atoms with Crippen molar-refractivity contribution in [3.63, 3.8) is 0 Å². The highest BCUT2D eigenvalue weighted by molar-refractivity contribution is 7.99. The van der Waals surface area contributed by atoms with Gasteiger partial charge in [-0.25, -0.2) is 4.98 Å². The van der Waals surface area contributed by atoms with Gasteiger partial charge in [0.25, 0.3) is 0 Å². The van der Waals surface area contributed by atoms with Gasteiger partial charge in [0.1, 0.15) is 5.15 Å². The first-order chi connectivity index (χ1) is 12.5. The zero-order valence-electron chi connectivity index (χ0n) is 13.4. The molecule has 0 spiro atoms. The maximum absolute atomic E-state index is 10.2. The van der Waals surface area contributed by atoms with Crippen molar-refractivity contribution in [1.82, 2.24) is 19.6 Å². The summed E-state index contributed by atoms with van der Waals surface area (Å²) in [4.78, 5) is 4.29. The van der Waals surface area contributed by atoms with E-state index in [4.69, 9.17) is 23.2 Å². The minimum atomic E-state index is -0.901. The number of fused-ring (bicyclic) bond motifs is 1. The van der Waals surface area contributed by atoms with Crippen LogP contribution in [0, 0.1) is 0 Å².